The summed E-state index contributed by atoms with van der Waals surface area (Å²) in [5.74, 6) is 0.143. The lowest BCUT2D eigenvalue weighted by Gasteiger charge is -2.34. The number of hydrogen-bond acceptors (Lipinski definition) is 5. The average molecular weight is 243 g/mol. The first-order chi connectivity index (χ1) is 8.02. The van der Waals surface area contributed by atoms with Crippen LogP contribution in [-0.2, 0) is 9.53 Å². The molecule has 17 heavy (non-hydrogen) atoms. The van der Waals surface area contributed by atoms with Crippen LogP contribution in [0.2, 0.25) is 0 Å². The van der Waals surface area contributed by atoms with Gasteiger partial charge in [-0.15, -0.1) is 0 Å². The third kappa shape index (κ3) is 4.70. The van der Waals surface area contributed by atoms with E-state index < -0.39 is 6.09 Å². The van der Waals surface area contributed by atoms with E-state index in [0.717, 1.165) is 13.0 Å². The summed E-state index contributed by atoms with van der Waals surface area (Å²) < 4.78 is 4.63. The fourth-order valence-electron chi connectivity index (χ4n) is 1.84. The van der Waals surface area contributed by atoms with Crippen molar-refractivity contribution in [1.82, 2.24) is 10.2 Å². The van der Waals surface area contributed by atoms with E-state index in [9.17, 15) is 9.59 Å². The van der Waals surface area contributed by atoms with Gasteiger partial charge in [-0.3, -0.25) is 15.0 Å². The number of piperidine rings is 1. The van der Waals surface area contributed by atoms with Crippen molar-refractivity contribution in [2.24, 2.45) is 11.7 Å². The topological polar surface area (TPSA) is 84.7 Å². The highest BCUT2D eigenvalue weighted by Crippen LogP contribution is 2.14. The van der Waals surface area contributed by atoms with Gasteiger partial charge >= 0.3 is 6.09 Å². The van der Waals surface area contributed by atoms with Crippen LogP contribution >= 0.6 is 0 Å². The predicted octanol–water partition coefficient (Wildman–Crippen LogP) is -0.0718. The third-order valence-corrected chi connectivity index (χ3v) is 2.98. The molecule has 1 fully saturated rings. The quantitative estimate of drug-likeness (QED) is 0.724. The number of likely N-dealkylation sites (tertiary alicyclic amines) is 1. The molecule has 0 spiro atoms. The van der Waals surface area contributed by atoms with Crippen molar-refractivity contribution < 1.29 is 14.3 Å². The Labute approximate surface area is 101 Å². The Morgan fingerprint density at radius 1 is 1.53 bits per heavy atom. The fraction of sp³-hybridized carbons (Fsp3) is 0.818. The standard InChI is InChI=1S/C11H21N3O3/c1-3-17-11(16)13-10(15)7-14-5-4-8(2)9(12)6-14/h8-9H,3-7,12H2,1-2H3,(H,13,15,16). The minimum Gasteiger partial charge on any atom is -0.450 e. The molecule has 6 heteroatoms. The van der Waals surface area contributed by atoms with E-state index in [2.05, 4.69) is 17.0 Å². The van der Waals surface area contributed by atoms with Gasteiger partial charge in [0.2, 0.25) is 5.91 Å². The predicted molar refractivity (Wildman–Crippen MR) is 63.4 cm³/mol. The van der Waals surface area contributed by atoms with Crippen LogP contribution in [0.1, 0.15) is 20.3 Å². The normalized spacial score (nSPS) is 25.4. The van der Waals surface area contributed by atoms with E-state index in [-0.39, 0.29) is 25.1 Å². The maximum atomic E-state index is 11.5. The second-order valence-electron chi connectivity index (χ2n) is 4.43. The first kappa shape index (κ1) is 13.9. The van der Waals surface area contributed by atoms with Crippen LogP contribution in [0.15, 0.2) is 0 Å². The summed E-state index contributed by atoms with van der Waals surface area (Å²) in [6.07, 6.45) is 0.292. The molecule has 1 aliphatic rings. The number of hydrogen-bond donors (Lipinski definition) is 2. The van der Waals surface area contributed by atoms with Gasteiger partial charge < -0.3 is 10.5 Å². The second-order valence-corrected chi connectivity index (χ2v) is 4.43. The van der Waals surface area contributed by atoms with Gasteiger partial charge in [0.25, 0.3) is 0 Å². The van der Waals surface area contributed by atoms with Crippen LogP contribution in [0.4, 0.5) is 4.79 Å². The maximum absolute atomic E-state index is 11.5. The lowest BCUT2D eigenvalue weighted by atomic mass is 9.94. The van der Waals surface area contributed by atoms with Crippen molar-refractivity contribution >= 4 is 12.0 Å². The molecule has 0 aromatic heterocycles. The third-order valence-electron chi connectivity index (χ3n) is 2.98. The van der Waals surface area contributed by atoms with Crippen LogP contribution < -0.4 is 11.1 Å². The summed E-state index contributed by atoms with van der Waals surface area (Å²) in [5.41, 5.74) is 5.93. The van der Waals surface area contributed by atoms with Crippen molar-refractivity contribution in [1.29, 1.82) is 0 Å². The Kier molecular flexibility index (Phi) is 5.37. The van der Waals surface area contributed by atoms with Gasteiger partial charge in [0, 0.05) is 12.6 Å². The van der Waals surface area contributed by atoms with Gasteiger partial charge in [-0.2, -0.15) is 0 Å². The van der Waals surface area contributed by atoms with Crippen LogP contribution in [0.5, 0.6) is 0 Å². The number of amides is 2. The van der Waals surface area contributed by atoms with Gasteiger partial charge in [-0.25, -0.2) is 4.79 Å². The molecule has 2 amide bonds. The maximum Gasteiger partial charge on any atom is 0.413 e. The number of imide groups is 1. The molecule has 1 heterocycles. The molecule has 1 saturated heterocycles. The van der Waals surface area contributed by atoms with Crippen LogP contribution in [0.3, 0.4) is 0 Å². The molecule has 1 rings (SSSR count). The Balaban J connectivity index is 2.29. The highest BCUT2D eigenvalue weighted by molar-refractivity contribution is 5.92. The zero-order chi connectivity index (χ0) is 12.8. The smallest absolute Gasteiger partial charge is 0.413 e. The molecule has 0 aromatic rings. The number of rotatable bonds is 3. The first-order valence-electron chi connectivity index (χ1n) is 5.97. The molecule has 1 aliphatic heterocycles. The SMILES string of the molecule is CCOC(=O)NC(=O)CN1CCC(C)C(N)C1. The number of carbonyl (C=O) groups is 2. The van der Waals surface area contributed by atoms with Gasteiger partial charge in [-0.05, 0) is 25.8 Å². The fourth-order valence-corrected chi connectivity index (χ4v) is 1.84. The summed E-state index contributed by atoms with van der Waals surface area (Å²) in [5, 5.41) is 2.17. The van der Waals surface area contributed by atoms with Crippen molar-refractivity contribution in [3.05, 3.63) is 0 Å². The Morgan fingerprint density at radius 2 is 2.24 bits per heavy atom. The van der Waals surface area contributed by atoms with Crippen molar-refractivity contribution in [2.75, 3.05) is 26.2 Å². The molecule has 0 bridgehead atoms. The monoisotopic (exact) mass is 243 g/mol. The number of nitrogens with two attached hydrogens (primary N) is 1. The lowest BCUT2D eigenvalue weighted by molar-refractivity contribution is -0.122. The molecule has 0 aromatic carbocycles. The first-order valence-corrected chi connectivity index (χ1v) is 5.97. The highest BCUT2D eigenvalue weighted by Gasteiger charge is 2.24. The molecule has 2 atom stereocenters. The van der Waals surface area contributed by atoms with E-state index in [1.807, 2.05) is 4.90 Å². The largest absolute Gasteiger partial charge is 0.450 e. The van der Waals surface area contributed by atoms with E-state index in [1.165, 1.54) is 0 Å². The highest BCUT2D eigenvalue weighted by atomic mass is 16.5. The zero-order valence-electron chi connectivity index (χ0n) is 10.4. The number of alkyl carbamates (subject to hydrolysis) is 1. The Hall–Kier alpha value is -1.14. The van der Waals surface area contributed by atoms with Gasteiger partial charge in [0.15, 0.2) is 0 Å². The van der Waals surface area contributed by atoms with E-state index in [0.29, 0.717) is 12.5 Å². The minimum absolute atomic E-state index is 0.0964. The molecule has 3 N–H and O–H groups in total. The lowest BCUT2D eigenvalue weighted by Crippen LogP contribution is -2.50. The van der Waals surface area contributed by atoms with Crippen LogP contribution in [0, 0.1) is 5.92 Å². The molecule has 6 nitrogen and oxygen atoms in total. The van der Waals surface area contributed by atoms with Crippen molar-refractivity contribution in [3.63, 3.8) is 0 Å². The van der Waals surface area contributed by atoms with Crippen molar-refractivity contribution in [3.8, 4) is 0 Å². The zero-order valence-corrected chi connectivity index (χ0v) is 10.4. The Morgan fingerprint density at radius 3 is 2.82 bits per heavy atom. The number of nitrogens with zero attached hydrogens (tertiary/aromatic N) is 1. The molecule has 98 valence electrons. The van der Waals surface area contributed by atoms with Gasteiger partial charge in [-0.1, -0.05) is 6.92 Å². The second kappa shape index (κ2) is 6.56. The summed E-state index contributed by atoms with van der Waals surface area (Å²) in [6, 6.07) is 0.0964. The van der Waals surface area contributed by atoms with E-state index in [4.69, 9.17) is 5.73 Å². The summed E-state index contributed by atoms with van der Waals surface area (Å²) in [4.78, 5) is 24.5. The molecule has 0 saturated carbocycles. The van der Waals surface area contributed by atoms with E-state index >= 15 is 0 Å². The number of carbonyl (C=O) groups excluding carboxylic acids is 2. The molecule has 0 aliphatic carbocycles. The number of nitrogens with one attached hydrogen (secondary N) is 1. The van der Waals surface area contributed by atoms with Crippen LogP contribution in [0.25, 0.3) is 0 Å². The van der Waals surface area contributed by atoms with Crippen molar-refractivity contribution in [2.45, 2.75) is 26.3 Å². The van der Waals surface area contributed by atoms with Gasteiger partial charge in [0.05, 0.1) is 13.2 Å². The summed E-state index contributed by atoms with van der Waals surface area (Å²) >= 11 is 0. The van der Waals surface area contributed by atoms with Gasteiger partial charge in [0.1, 0.15) is 0 Å². The molecular formula is C11H21N3O3. The van der Waals surface area contributed by atoms with E-state index in [1.54, 1.807) is 6.92 Å². The molecule has 0 radical (unpaired) electrons. The Bertz CT molecular complexity index is 283. The van der Waals surface area contributed by atoms with Crippen LogP contribution in [-0.4, -0.2) is 49.2 Å². The molecule has 2 unspecified atom stereocenters. The minimum atomic E-state index is -0.688. The number of ether oxygens (including phenoxy) is 1. The summed E-state index contributed by atoms with van der Waals surface area (Å²) in [6.45, 7) is 5.78. The molecular weight excluding hydrogens is 222 g/mol. The average Bonchev–Trinajstić information content (AvgIpc) is 2.23. The summed E-state index contributed by atoms with van der Waals surface area (Å²) in [7, 11) is 0.